The Labute approximate surface area is 379 Å². The molecule has 2 fully saturated rings. The lowest BCUT2D eigenvalue weighted by molar-refractivity contribution is -0.146. The first kappa shape index (κ1) is 55.4. The average Bonchev–Trinajstić information content (AvgIpc) is 3.93. The summed E-state index contributed by atoms with van der Waals surface area (Å²) >= 11 is 0. The molecule has 0 spiro atoms. The van der Waals surface area contributed by atoms with Gasteiger partial charge in [-0.25, -0.2) is 9.59 Å². The highest BCUT2D eigenvalue weighted by atomic mass is 33.1. The van der Waals surface area contributed by atoms with Gasteiger partial charge in [0.15, 0.2) is 0 Å². The van der Waals surface area contributed by atoms with Gasteiger partial charge in [-0.2, -0.15) is 0 Å². The SMILES string of the molecule is CC(C)[C@H](N)C(=O)N1CCC[C@H]1C(=O)N[C@@H](CCCCN)C(=O)N[C@@H](CCSSC(C)(C)[C@H](N)C(=O)N[C@@H](CCCCN)C(=O)N1CCC[C@H]1C(=O)N[C@H](C(=O)O)C(C)C)C(=O)O. The number of nitrogens with two attached hydrogens (primary N) is 4. The summed E-state index contributed by atoms with van der Waals surface area (Å²) in [6, 6.07) is -8.18. The van der Waals surface area contributed by atoms with Gasteiger partial charge in [-0.05, 0) is 109 Å². The van der Waals surface area contributed by atoms with Crippen molar-refractivity contribution in [2.24, 2.45) is 34.8 Å². The Morgan fingerprint density at radius 1 is 0.651 bits per heavy atom. The van der Waals surface area contributed by atoms with Crippen LogP contribution in [0, 0.1) is 11.8 Å². The van der Waals surface area contributed by atoms with Crippen LogP contribution in [0.4, 0.5) is 0 Å². The molecule has 0 radical (unpaired) electrons. The van der Waals surface area contributed by atoms with E-state index in [-0.39, 0.29) is 49.3 Å². The molecular formula is C41H74N10O10S2. The van der Waals surface area contributed by atoms with Crippen LogP contribution < -0.4 is 44.2 Å². The lowest BCUT2D eigenvalue weighted by Crippen LogP contribution is -2.59. The number of unbranched alkanes of at least 4 members (excludes halogenated alkanes) is 2. The highest BCUT2D eigenvalue weighted by Gasteiger charge is 2.42. The van der Waals surface area contributed by atoms with E-state index >= 15 is 0 Å². The van der Waals surface area contributed by atoms with Gasteiger partial charge in [-0.15, -0.1) is 0 Å². The quantitative estimate of drug-likeness (QED) is 0.0360. The predicted molar refractivity (Wildman–Crippen MR) is 243 cm³/mol. The molecule has 8 atom stereocenters. The number of likely N-dealkylation sites (tertiary alicyclic amines) is 2. The highest BCUT2D eigenvalue weighted by Crippen LogP contribution is 2.38. The summed E-state index contributed by atoms with van der Waals surface area (Å²) < 4.78 is -0.937. The standard InChI is InChI=1S/C41H74N10O10S2/c1-23(2)30(44)38(57)51-21-12-15-28(51)34(53)46-25(13-7-9-18-42)33(52)48-27(39(58)59)17-22-62-63-41(5,6)32(45)36(55)47-26(14-8-10-19-43)37(56)50-20-11-16-29(50)35(54)49-31(24(3)4)40(60)61/h23-32H,7-22,42-45H2,1-6H3,(H,46,53)(H,47,55)(H,48,52)(H,49,54)(H,58,59)(H,60,61)/t25-,26-,27-,28-,29-,30-,31-,32+/m0/s1. The van der Waals surface area contributed by atoms with Crippen molar-refractivity contribution in [3.8, 4) is 0 Å². The van der Waals surface area contributed by atoms with E-state index in [0.29, 0.717) is 71.0 Å². The number of carboxylic acid groups (broad SMARTS) is 2. The first-order chi connectivity index (χ1) is 29.6. The molecule has 2 heterocycles. The fraction of sp³-hybridized carbons (Fsp3) is 0.805. The molecule has 22 heteroatoms. The number of hydrogen-bond acceptors (Lipinski definition) is 14. The summed E-state index contributed by atoms with van der Waals surface area (Å²) in [4.78, 5) is 108. The van der Waals surface area contributed by atoms with Crippen LogP contribution in [0.2, 0.25) is 0 Å². The van der Waals surface area contributed by atoms with E-state index in [1.165, 1.54) is 31.4 Å². The van der Waals surface area contributed by atoms with Gasteiger partial charge in [-0.1, -0.05) is 49.3 Å². The molecule has 0 aromatic heterocycles. The number of carbonyl (C=O) groups excluding carboxylic acids is 6. The van der Waals surface area contributed by atoms with Crippen molar-refractivity contribution in [1.29, 1.82) is 0 Å². The average molecular weight is 931 g/mol. The molecule has 360 valence electrons. The Balaban J connectivity index is 2.07. The molecule has 6 amide bonds. The second kappa shape index (κ2) is 26.9. The van der Waals surface area contributed by atoms with E-state index in [9.17, 15) is 48.6 Å². The fourth-order valence-corrected chi connectivity index (χ4v) is 10.0. The van der Waals surface area contributed by atoms with Crippen LogP contribution in [0.3, 0.4) is 0 Å². The molecule has 2 rings (SSSR count). The molecule has 2 aliphatic heterocycles. The van der Waals surface area contributed by atoms with Crippen molar-refractivity contribution >= 4 is 69.0 Å². The molecule has 0 aliphatic carbocycles. The van der Waals surface area contributed by atoms with Crippen LogP contribution in [-0.4, -0.2) is 152 Å². The Kier molecular flexibility index (Phi) is 23.7. The zero-order valence-electron chi connectivity index (χ0n) is 37.8. The molecule has 2 saturated heterocycles. The molecule has 63 heavy (non-hydrogen) atoms. The van der Waals surface area contributed by atoms with Gasteiger partial charge >= 0.3 is 11.9 Å². The second-order valence-electron chi connectivity index (χ2n) is 17.6. The molecule has 0 aromatic carbocycles. The Morgan fingerprint density at radius 2 is 1.16 bits per heavy atom. The third-order valence-corrected chi connectivity index (χ3v) is 14.8. The number of nitrogens with zero attached hydrogens (tertiary/aromatic N) is 2. The molecule has 0 saturated carbocycles. The fourth-order valence-electron chi connectivity index (χ4n) is 7.34. The maximum absolute atomic E-state index is 13.9. The Bertz CT molecular complexity index is 1570. The first-order valence-corrected chi connectivity index (χ1v) is 24.4. The van der Waals surface area contributed by atoms with Crippen molar-refractivity contribution in [3.63, 3.8) is 0 Å². The molecule has 0 aromatic rings. The third-order valence-electron chi connectivity index (χ3n) is 11.5. The minimum atomic E-state index is -1.31. The van der Waals surface area contributed by atoms with Gasteiger partial charge in [0, 0.05) is 23.6 Å². The summed E-state index contributed by atoms with van der Waals surface area (Å²) in [6.07, 6.45) is 4.41. The van der Waals surface area contributed by atoms with E-state index in [0.717, 1.165) is 0 Å². The summed E-state index contributed by atoms with van der Waals surface area (Å²) in [7, 11) is 2.48. The van der Waals surface area contributed by atoms with Crippen molar-refractivity contribution < 1.29 is 48.6 Å². The summed E-state index contributed by atoms with van der Waals surface area (Å²) in [5.74, 6) is -5.98. The zero-order chi connectivity index (χ0) is 47.6. The van der Waals surface area contributed by atoms with Gasteiger partial charge in [0.25, 0.3) is 0 Å². The maximum Gasteiger partial charge on any atom is 0.326 e. The molecule has 0 bridgehead atoms. The molecular weight excluding hydrogens is 857 g/mol. The van der Waals surface area contributed by atoms with Crippen molar-refractivity contribution in [2.45, 2.75) is 165 Å². The summed E-state index contributed by atoms with van der Waals surface area (Å²) in [5, 5.41) is 30.3. The maximum atomic E-state index is 13.9. The monoisotopic (exact) mass is 931 g/mol. The van der Waals surface area contributed by atoms with E-state index in [1.807, 2.05) is 13.8 Å². The molecule has 14 N–H and O–H groups in total. The van der Waals surface area contributed by atoms with Crippen molar-refractivity contribution in [1.82, 2.24) is 31.1 Å². The van der Waals surface area contributed by atoms with Crippen LogP contribution >= 0.6 is 21.6 Å². The normalized spacial score (nSPS) is 19.5. The Morgan fingerprint density at radius 3 is 1.65 bits per heavy atom. The van der Waals surface area contributed by atoms with Gasteiger partial charge in [0.05, 0.1) is 12.1 Å². The third kappa shape index (κ3) is 17.0. The molecule has 2 aliphatic rings. The van der Waals surface area contributed by atoms with Gasteiger partial charge in [0.2, 0.25) is 35.4 Å². The van der Waals surface area contributed by atoms with Crippen LogP contribution in [0.15, 0.2) is 0 Å². The first-order valence-electron chi connectivity index (χ1n) is 22.1. The number of nitrogens with one attached hydrogen (secondary N) is 4. The summed E-state index contributed by atoms with van der Waals surface area (Å²) in [6.45, 7) is 11.8. The number of carboxylic acids is 2. The van der Waals surface area contributed by atoms with Crippen LogP contribution in [-0.2, 0) is 38.4 Å². The number of rotatable bonds is 28. The molecule has 0 unspecified atom stereocenters. The summed E-state index contributed by atoms with van der Waals surface area (Å²) in [5.41, 5.74) is 23.9. The lowest BCUT2D eigenvalue weighted by Gasteiger charge is -2.33. The highest BCUT2D eigenvalue weighted by molar-refractivity contribution is 8.77. The van der Waals surface area contributed by atoms with Crippen LogP contribution in [0.1, 0.15) is 112 Å². The van der Waals surface area contributed by atoms with Crippen LogP contribution in [0.5, 0.6) is 0 Å². The van der Waals surface area contributed by atoms with Crippen molar-refractivity contribution in [3.05, 3.63) is 0 Å². The minimum Gasteiger partial charge on any atom is -0.480 e. The van der Waals surface area contributed by atoms with Crippen molar-refractivity contribution in [2.75, 3.05) is 31.9 Å². The lowest BCUT2D eigenvalue weighted by atomic mass is 10.0. The largest absolute Gasteiger partial charge is 0.480 e. The zero-order valence-corrected chi connectivity index (χ0v) is 39.4. The molecule has 20 nitrogen and oxygen atoms in total. The van der Waals surface area contributed by atoms with Gasteiger partial charge < -0.3 is 64.2 Å². The predicted octanol–water partition coefficient (Wildman–Crippen LogP) is -0.149. The van der Waals surface area contributed by atoms with E-state index < -0.39 is 94.6 Å². The van der Waals surface area contributed by atoms with E-state index in [4.69, 9.17) is 22.9 Å². The Hall–Kier alpha value is -3.70. The van der Waals surface area contributed by atoms with E-state index in [1.54, 1.807) is 27.7 Å². The number of carbonyl (C=O) groups is 8. The second-order valence-corrected chi connectivity index (χ2v) is 20.7. The number of aliphatic carboxylic acids is 2. The number of hydrogen-bond donors (Lipinski definition) is 10. The smallest absolute Gasteiger partial charge is 0.326 e. The van der Waals surface area contributed by atoms with Crippen LogP contribution in [0.25, 0.3) is 0 Å². The van der Waals surface area contributed by atoms with Gasteiger partial charge in [-0.3, -0.25) is 28.8 Å². The number of amides is 6. The van der Waals surface area contributed by atoms with E-state index in [2.05, 4.69) is 21.3 Å². The topological polar surface area (TPSA) is 336 Å². The minimum absolute atomic E-state index is 0.00953. The van der Waals surface area contributed by atoms with Gasteiger partial charge in [0.1, 0.15) is 36.3 Å².